The first kappa shape index (κ1) is 16.3. The van der Waals surface area contributed by atoms with Crippen LogP contribution in [0.3, 0.4) is 0 Å². The van der Waals surface area contributed by atoms with Crippen LogP contribution in [0.15, 0.2) is 41.3 Å². The van der Waals surface area contributed by atoms with Gasteiger partial charge in [-0.05, 0) is 61.6 Å². The van der Waals surface area contributed by atoms with Gasteiger partial charge in [-0.3, -0.25) is 9.20 Å². The molecule has 0 radical (unpaired) electrons. The molecule has 0 aliphatic heterocycles. The van der Waals surface area contributed by atoms with E-state index in [1.807, 2.05) is 0 Å². The van der Waals surface area contributed by atoms with Crippen molar-refractivity contribution in [3.05, 3.63) is 80.4 Å². The van der Waals surface area contributed by atoms with Gasteiger partial charge in [0.1, 0.15) is 5.65 Å². The zero-order valence-corrected chi connectivity index (χ0v) is 14.6. The Labute approximate surface area is 150 Å². The maximum atomic E-state index is 12.8. The van der Waals surface area contributed by atoms with E-state index in [4.69, 9.17) is 5.11 Å². The Bertz CT molecular complexity index is 1160. The maximum Gasteiger partial charge on any atom is 0.337 e. The highest BCUT2D eigenvalue weighted by Crippen LogP contribution is 2.31. The Morgan fingerprint density at radius 1 is 1.19 bits per heavy atom. The van der Waals surface area contributed by atoms with Crippen molar-refractivity contribution in [3.63, 3.8) is 0 Å². The van der Waals surface area contributed by atoms with Crippen LogP contribution >= 0.6 is 0 Å². The predicted molar refractivity (Wildman–Crippen MR) is 101 cm³/mol. The monoisotopic (exact) mass is 346 g/mol. The number of hydrogen-bond acceptors (Lipinski definition) is 3. The summed E-state index contributed by atoms with van der Waals surface area (Å²) in [6.07, 6.45) is 4.84. The standard InChI is InChI=1S/C21H18N2O3/c1-12-3-4-13(2)16(9-12)10-14-5-7-17-19(14)22-18-8-6-15(21(25)26)11-23(18)20(17)24/h3-4,6,8-11H,5,7H2,1-2H3,(H,25,26)/b14-10-. The molecule has 0 unspecified atom stereocenters. The fourth-order valence-corrected chi connectivity index (χ4v) is 3.41. The Morgan fingerprint density at radius 3 is 2.77 bits per heavy atom. The maximum absolute atomic E-state index is 12.8. The van der Waals surface area contributed by atoms with Crippen molar-refractivity contribution in [2.75, 3.05) is 0 Å². The first-order valence-electron chi connectivity index (χ1n) is 8.51. The van der Waals surface area contributed by atoms with Gasteiger partial charge in [-0.25, -0.2) is 9.78 Å². The number of rotatable bonds is 2. The van der Waals surface area contributed by atoms with Gasteiger partial charge in [0, 0.05) is 11.8 Å². The van der Waals surface area contributed by atoms with Crippen LogP contribution in [0.5, 0.6) is 0 Å². The molecule has 130 valence electrons. The molecule has 5 nitrogen and oxygen atoms in total. The lowest BCUT2D eigenvalue weighted by Crippen LogP contribution is -2.20. The van der Waals surface area contributed by atoms with Gasteiger partial charge in [0.05, 0.1) is 11.3 Å². The van der Waals surface area contributed by atoms with Crippen LogP contribution in [-0.2, 0) is 6.42 Å². The van der Waals surface area contributed by atoms with Gasteiger partial charge in [0.15, 0.2) is 0 Å². The van der Waals surface area contributed by atoms with E-state index in [-0.39, 0.29) is 11.1 Å². The summed E-state index contributed by atoms with van der Waals surface area (Å²) in [5.74, 6) is -1.06. The minimum Gasteiger partial charge on any atom is -0.478 e. The molecule has 2 heterocycles. The number of aromatic carboxylic acids is 1. The van der Waals surface area contributed by atoms with E-state index in [9.17, 15) is 9.59 Å². The fourth-order valence-electron chi connectivity index (χ4n) is 3.41. The average molecular weight is 346 g/mol. The molecule has 4 rings (SSSR count). The molecule has 3 aromatic rings. The highest BCUT2D eigenvalue weighted by Gasteiger charge is 2.23. The van der Waals surface area contributed by atoms with Crippen LogP contribution in [0.4, 0.5) is 0 Å². The second-order valence-electron chi connectivity index (χ2n) is 6.72. The smallest absolute Gasteiger partial charge is 0.337 e. The molecular weight excluding hydrogens is 328 g/mol. The van der Waals surface area contributed by atoms with Crippen molar-refractivity contribution < 1.29 is 9.90 Å². The Balaban J connectivity index is 1.90. The van der Waals surface area contributed by atoms with E-state index >= 15 is 0 Å². The largest absolute Gasteiger partial charge is 0.478 e. The summed E-state index contributed by atoms with van der Waals surface area (Å²) < 4.78 is 1.34. The predicted octanol–water partition coefficient (Wildman–Crippen LogP) is 3.50. The highest BCUT2D eigenvalue weighted by atomic mass is 16.4. The summed E-state index contributed by atoms with van der Waals surface area (Å²) in [6, 6.07) is 9.36. The third-order valence-electron chi connectivity index (χ3n) is 4.88. The average Bonchev–Trinajstić information content (AvgIpc) is 3.01. The zero-order chi connectivity index (χ0) is 18.4. The number of carboxylic acids is 1. The number of carbonyl (C=O) groups is 1. The Hall–Kier alpha value is -3.21. The van der Waals surface area contributed by atoms with Gasteiger partial charge in [-0.2, -0.15) is 0 Å². The summed E-state index contributed by atoms with van der Waals surface area (Å²) in [7, 11) is 0. The summed E-state index contributed by atoms with van der Waals surface area (Å²) in [6.45, 7) is 4.13. The number of carboxylic acid groups (broad SMARTS) is 1. The second-order valence-corrected chi connectivity index (χ2v) is 6.72. The molecule has 0 saturated carbocycles. The summed E-state index contributed by atoms with van der Waals surface area (Å²) in [5.41, 5.74) is 6.30. The minimum atomic E-state index is -1.06. The number of fused-ring (bicyclic) bond motifs is 2. The van der Waals surface area contributed by atoms with E-state index < -0.39 is 5.97 Å². The molecular formula is C21H18N2O3. The number of aromatic nitrogens is 2. The first-order chi connectivity index (χ1) is 12.4. The van der Waals surface area contributed by atoms with Crippen LogP contribution in [0, 0.1) is 13.8 Å². The van der Waals surface area contributed by atoms with Crippen molar-refractivity contribution >= 4 is 23.3 Å². The highest BCUT2D eigenvalue weighted by molar-refractivity contribution is 5.88. The lowest BCUT2D eigenvalue weighted by molar-refractivity contribution is 0.0696. The Morgan fingerprint density at radius 2 is 2.00 bits per heavy atom. The van der Waals surface area contributed by atoms with Crippen LogP contribution < -0.4 is 5.56 Å². The van der Waals surface area contributed by atoms with E-state index in [0.29, 0.717) is 17.6 Å². The van der Waals surface area contributed by atoms with Gasteiger partial charge in [-0.1, -0.05) is 23.8 Å². The molecule has 0 spiro atoms. The van der Waals surface area contributed by atoms with Gasteiger partial charge in [-0.15, -0.1) is 0 Å². The van der Waals surface area contributed by atoms with Gasteiger partial charge in [0.2, 0.25) is 0 Å². The topological polar surface area (TPSA) is 71.7 Å². The summed E-state index contributed by atoms with van der Waals surface area (Å²) >= 11 is 0. The quantitative estimate of drug-likeness (QED) is 0.771. The van der Waals surface area contributed by atoms with E-state index in [0.717, 1.165) is 23.3 Å². The fraction of sp³-hybridized carbons (Fsp3) is 0.190. The van der Waals surface area contributed by atoms with Crippen molar-refractivity contribution in [2.24, 2.45) is 0 Å². The normalized spacial score (nSPS) is 14.8. The van der Waals surface area contributed by atoms with Crippen molar-refractivity contribution in [1.82, 2.24) is 9.38 Å². The van der Waals surface area contributed by atoms with Gasteiger partial charge >= 0.3 is 5.97 Å². The molecule has 0 fully saturated rings. The van der Waals surface area contributed by atoms with Crippen molar-refractivity contribution in [2.45, 2.75) is 26.7 Å². The molecule has 0 amide bonds. The van der Waals surface area contributed by atoms with Crippen LogP contribution in [0.1, 0.15) is 44.7 Å². The molecule has 26 heavy (non-hydrogen) atoms. The number of allylic oxidation sites excluding steroid dienone is 1. The van der Waals surface area contributed by atoms with Gasteiger partial charge < -0.3 is 5.11 Å². The molecule has 1 aliphatic carbocycles. The molecule has 0 saturated heterocycles. The molecule has 1 aliphatic rings. The summed E-state index contributed by atoms with van der Waals surface area (Å²) in [5, 5.41) is 9.14. The minimum absolute atomic E-state index is 0.0745. The van der Waals surface area contributed by atoms with Crippen molar-refractivity contribution in [3.8, 4) is 0 Å². The summed E-state index contributed by atoms with van der Waals surface area (Å²) in [4.78, 5) is 28.6. The molecule has 0 atom stereocenters. The lowest BCUT2D eigenvalue weighted by atomic mass is 10.0. The molecule has 1 N–H and O–H groups in total. The lowest BCUT2D eigenvalue weighted by Gasteiger charge is -2.07. The van der Waals surface area contributed by atoms with Crippen LogP contribution in [0.25, 0.3) is 17.3 Å². The van der Waals surface area contributed by atoms with E-state index in [2.05, 4.69) is 43.1 Å². The molecule has 0 bridgehead atoms. The number of nitrogens with zero attached hydrogens (tertiary/aromatic N) is 2. The number of benzene rings is 1. The SMILES string of the molecule is Cc1ccc(C)c(/C=C2/CCc3c2nc2ccc(C(=O)O)cn2c3=O)c1. The third-order valence-corrected chi connectivity index (χ3v) is 4.88. The Kier molecular flexibility index (Phi) is 3.72. The molecule has 5 heteroatoms. The first-order valence-corrected chi connectivity index (χ1v) is 8.51. The van der Waals surface area contributed by atoms with E-state index in [1.165, 1.54) is 27.8 Å². The van der Waals surface area contributed by atoms with Gasteiger partial charge in [0.25, 0.3) is 5.56 Å². The molecule has 1 aromatic carbocycles. The molecule has 2 aromatic heterocycles. The number of aryl methyl sites for hydroxylation is 2. The third kappa shape index (κ3) is 2.62. The number of pyridine rings is 1. The van der Waals surface area contributed by atoms with Crippen LogP contribution in [0.2, 0.25) is 0 Å². The second kappa shape index (κ2) is 5.95. The van der Waals surface area contributed by atoms with Crippen LogP contribution in [-0.4, -0.2) is 20.5 Å². The zero-order valence-electron chi connectivity index (χ0n) is 14.6. The van der Waals surface area contributed by atoms with Crippen molar-refractivity contribution in [1.29, 1.82) is 0 Å². The number of hydrogen-bond donors (Lipinski definition) is 1. The van der Waals surface area contributed by atoms with E-state index in [1.54, 1.807) is 6.07 Å².